The van der Waals surface area contributed by atoms with E-state index in [2.05, 4.69) is 4.72 Å². The van der Waals surface area contributed by atoms with Gasteiger partial charge in [-0.25, -0.2) is 13.1 Å². The summed E-state index contributed by atoms with van der Waals surface area (Å²) in [6.45, 7) is 5.44. The van der Waals surface area contributed by atoms with Gasteiger partial charge in [-0.05, 0) is 44.4 Å². The number of hydrogen-bond acceptors (Lipinski definition) is 3. The Balaban J connectivity index is 2.57. The van der Waals surface area contributed by atoms with E-state index in [1.165, 1.54) is 0 Å². The van der Waals surface area contributed by atoms with Crippen LogP contribution in [0, 0.1) is 0 Å². The third kappa shape index (κ3) is 3.11. The van der Waals surface area contributed by atoms with Crippen LogP contribution in [0.4, 0.5) is 0 Å². The molecule has 0 heterocycles. The number of ether oxygens (including phenoxy) is 1. The smallest absolute Gasteiger partial charge is 0.241 e. The Bertz CT molecular complexity index is 730. The standard InChI is InChI=1S/C15H19NO3S/c1-15(2,3)16-20(17,18)12-9-8-11-6-5-7-14(19-4)13(11)10-12/h5-10,16H,1-4H3. The lowest BCUT2D eigenvalue weighted by molar-refractivity contribution is 0.420. The van der Waals surface area contributed by atoms with Gasteiger partial charge in [-0.1, -0.05) is 18.2 Å². The number of hydrogen-bond donors (Lipinski definition) is 1. The summed E-state index contributed by atoms with van der Waals surface area (Å²) in [5, 5.41) is 1.73. The van der Waals surface area contributed by atoms with Crippen molar-refractivity contribution in [3.05, 3.63) is 36.4 Å². The zero-order chi connectivity index (χ0) is 15.0. The average molecular weight is 293 g/mol. The van der Waals surface area contributed by atoms with Gasteiger partial charge in [0.15, 0.2) is 0 Å². The molecule has 0 unspecified atom stereocenters. The van der Waals surface area contributed by atoms with Gasteiger partial charge in [0.2, 0.25) is 10.0 Å². The summed E-state index contributed by atoms with van der Waals surface area (Å²) in [5.41, 5.74) is -0.519. The van der Waals surface area contributed by atoms with Crippen LogP contribution in [0.5, 0.6) is 5.75 Å². The lowest BCUT2D eigenvalue weighted by atomic mass is 10.1. The van der Waals surface area contributed by atoms with Crippen LogP contribution in [-0.4, -0.2) is 21.1 Å². The maximum absolute atomic E-state index is 12.3. The minimum absolute atomic E-state index is 0.240. The minimum Gasteiger partial charge on any atom is -0.496 e. The molecule has 0 aromatic heterocycles. The van der Waals surface area contributed by atoms with Crippen molar-refractivity contribution in [1.29, 1.82) is 0 Å². The zero-order valence-corrected chi connectivity index (χ0v) is 12.9. The Morgan fingerprint density at radius 2 is 1.80 bits per heavy atom. The highest BCUT2D eigenvalue weighted by Crippen LogP contribution is 2.28. The van der Waals surface area contributed by atoms with Crippen LogP contribution < -0.4 is 9.46 Å². The largest absolute Gasteiger partial charge is 0.496 e. The SMILES string of the molecule is COc1cccc2ccc(S(=O)(=O)NC(C)(C)C)cc12. The second kappa shape index (κ2) is 5.07. The summed E-state index contributed by atoms with van der Waals surface area (Å²) in [6.07, 6.45) is 0. The fourth-order valence-electron chi connectivity index (χ4n) is 2.03. The predicted octanol–water partition coefficient (Wildman–Crippen LogP) is 2.93. The van der Waals surface area contributed by atoms with Crippen LogP contribution in [0.1, 0.15) is 20.8 Å². The molecule has 0 aliphatic heterocycles. The third-order valence-corrected chi connectivity index (χ3v) is 4.54. The van der Waals surface area contributed by atoms with Gasteiger partial charge in [-0.15, -0.1) is 0 Å². The molecule has 0 saturated heterocycles. The molecule has 0 fully saturated rings. The van der Waals surface area contributed by atoms with Gasteiger partial charge in [0.1, 0.15) is 5.75 Å². The molecule has 5 heteroatoms. The van der Waals surface area contributed by atoms with Crippen molar-refractivity contribution in [3.63, 3.8) is 0 Å². The second-order valence-electron chi connectivity index (χ2n) is 5.70. The van der Waals surface area contributed by atoms with E-state index in [4.69, 9.17) is 4.74 Å². The minimum atomic E-state index is -3.54. The molecule has 2 rings (SSSR count). The van der Waals surface area contributed by atoms with Crippen molar-refractivity contribution in [3.8, 4) is 5.75 Å². The number of rotatable bonds is 3. The van der Waals surface area contributed by atoms with Crippen LogP contribution >= 0.6 is 0 Å². The Morgan fingerprint density at radius 1 is 1.10 bits per heavy atom. The molecule has 0 bridgehead atoms. The lowest BCUT2D eigenvalue weighted by Crippen LogP contribution is -2.40. The summed E-state index contributed by atoms with van der Waals surface area (Å²) < 4.78 is 32.6. The molecule has 0 aliphatic carbocycles. The molecule has 0 saturated carbocycles. The van der Waals surface area contributed by atoms with Gasteiger partial charge in [-0.2, -0.15) is 0 Å². The van der Waals surface area contributed by atoms with E-state index in [9.17, 15) is 8.42 Å². The average Bonchev–Trinajstić information content (AvgIpc) is 2.34. The third-order valence-electron chi connectivity index (χ3n) is 2.78. The monoisotopic (exact) mass is 293 g/mol. The molecule has 4 nitrogen and oxygen atoms in total. The Labute approximate surface area is 119 Å². The zero-order valence-electron chi connectivity index (χ0n) is 12.1. The van der Waals surface area contributed by atoms with Crippen molar-refractivity contribution < 1.29 is 13.2 Å². The first kappa shape index (κ1) is 14.8. The molecular weight excluding hydrogens is 274 g/mol. The quantitative estimate of drug-likeness (QED) is 0.946. The molecule has 1 N–H and O–H groups in total. The Morgan fingerprint density at radius 3 is 2.40 bits per heavy atom. The van der Waals surface area contributed by atoms with E-state index in [1.807, 2.05) is 39.0 Å². The highest BCUT2D eigenvalue weighted by molar-refractivity contribution is 7.89. The maximum atomic E-state index is 12.3. The summed E-state index contributed by atoms with van der Waals surface area (Å²) in [4.78, 5) is 0.240. The number of benzene rings is 2. The van der Waals surface area contributed by atoms with Crippen molar-refractivity contribution >= 4 is 20.8 Å². The maximum Gasteiger partial charge on any atom is 0.241 e. The van der Waals surface area contributed by atoms with E-state index >= 15 is 0 Å². The van der Waals surface area contributed by atoms with E-state index in [0.29, 0.717) is 5.75 Å². The highest BCUT2D eigenvalue weighted by Gasteiger charge is 2.22. The molecule has 108 valence electrons. The highest BCUT2D eigenvalue weighted by atomic mass is 32.2. The van der Waals surface area contributed by atoms with Crippen LogP contribution in [-0.2, 0) is 10.0 Å². The van der Waals surface area contributed by atoms with Gasteiger partial charge < -0.3 is 4.74 Å². The number of sulfonamides is 1. The predicted molar refractivity (Wildman–Crippen MR) is 80.6 cm³/mol. The van der Waals surface area contributed by atoms with Gasteiger partial charge in [-0.3, -0.25) is 0 Å². The van der Waals surface area contributed by atoms with Gasteiger partial charge in [0, 0.05) is 10.9 Å². The van der Waals surface area contributed by atoms with Crippen molar-refractivity contribution in [1.82, 2.24) is 4.72 Å². The second-order valence-corrected chi connectivity index (χ2v) is 7.38. The van der Waals surface area contributed by atoms with Gasteiger partial charge >= 0.3 is 0 Å². The van der Waals surface area contributed by atoms with Crippen molar-refractivity contribution in [2.45, 2.75) is 31.2 Å². The Kier molecular flexibility index (Phi) is 3.75. The van der Waals surface area contributed by atoms with E-state index in [1.54, 1.807) is 25.3 Å². The first-order valence-corrected chi connectivity index (χ1v) is 7.82. The fourth-order valence-corrected chi connectivity index (χ4v) is 3.47. The fraction of sp³-hybridized carbons (Fsp3) is 0.333. The molecule has 0 spiro atoms. The lowest BCUT2D eigenvalue weighted by Gasteiger charge is -2.20. The molecule has 0 aliphatic rings. The van der Waals surface area contributed by atoms with Crippen LogP contribution in [0.25, 0.3) is 10.8 Å². The van der Waals surface area contributed by atoms with Gasteiger partial charge in [0.05, 0.1) is 12.0 Å². The number of nitrogens with one attached hydrogen (secondary N) is 1. The normalized spacial score (nSPS) is 12.6. The van der Waals surface area contributed by atoms with Crippen LogP contribution in [0.3, 0.4) is 0 Å². The first-order chi connectivity index (χ1) is 9.23. The Hall–Kier alpha value is -1.59. The van der Waals surface area contributed by atoms with E-state index in [0.717, 1.165) is 10.8 Å². The summed E-state index contributed by atoms with van der Waals surface area (Å²) in [7, 11) is -1.97. The van der Waals surface area contributed by atoms with Crippen LogP contribution in [0.15, 0.2) is 41.3 Å². The van der Waals surface area contributed by atoms with Crippen LogP contribution in [0.2, 0.25) is 0 Å². The molecule has 0 atom stereocenters. The summed E-state index contributed by atoms with van der Waals surface area (Å²) in [6, 6.07) is 10.7. The van der Waals surface area contributed by atoms with E-state index < -0.39 is 15.6 Å². The molecule has 0 amide bonds. The van der Waals surface area contributed by atoms with Crippen molar-refractivity contribution in [2.75, 3.05) is 7.11 Å². The molecule has 0 radical (unpaired) electrons. The van der Waals surface area contributed by atoms with E-state index in [-0.39, 0.29) is 4.90 Å². The number of methoxy groups -OCH3 is 1. The molecule has 2 aromatic rings. The topological polar surface area (TPSA) is 55.4 Å². The number of fused-ring (bicyclic) bond motifs is 1. The molecule has 2 aromatic carbocycles. The molecular formula is C15H19NO3S. The first-order valence-electron chi connectivity index (χ1n) is 6.34. The van der Waals surface area contributed by atoms with Gasteiger partial charge in [0.25, 0.3) is 0 Å². The van der Waals surface area contributed by atoms with Crippen molar-refractivity contribution in [2.24, 2.45) is 0 Å². The summed E-state index contributed by atoms with van der Waals surface area (Å²) >= 11 is 0. The molecule has 20 heavy (non-hydrogen) atoms. The summed E-state index contributed by atoms with van der Waals surface area (Å²) in [5.74, 6) is 0.662.